The Labute approximate surface area is 84.6 Å². The van der Waals surface area contributed by atoms with E-state index in [1.165, 1.54) is 24.4 Å². The minimum Gasteiger partial charge on any atom is -0.244 e. The molecule has 0 saturated carbocycles. The number of nitrogens with zero attached hydrogens (tertiary/aromatic N) is 2. The third-order valence-corrected chi connectivity index (χ3v) is 2.23. The van der Waals surface area contributed by atoms with Crippen molar-refractivity contribution in [2.45, 2.75) is 0 Å². The van der Waals surface area contributed by atoms with Crippen LogP contribution in [-0.2, 0) is 0 Å². The van der Waals surface area contributed by atoms with Crippen LogP contribution in [0.3, 0.4) is 0 Å². The molecule has 4 heteroatoms. The molecule has 0 saturated heterocycles. The Morgan fingerprint density at radius 2 is 2.14 bits per heavy atom. The highest BCUT2D eigenvalue weighted by Gasteiger charge is 2.09. The molecule has 68 valence electrons. The van der Waals surface area contributed by atoms with E-state index in [4.69, 9.17) is 16.9 Å². The summed E-state index contributed by atoms with van der Waals surface area (Å²) in [6.45, 7) is 0. The van der Waals surface area contributed by atoms with Crippen LogP contribution in [0.5, 0.6) is 0 Å². The predicted octanol–water partition coefficient (Wildman–Crippen LogP) is 2.90. The maximum Gasteiger partial charge on any atom is 0.138 e. The van der Waals surface area contributed by atoms with Gasteiger partial charge < -0.3 is 0 Å². The number of nitriles is 1. The summed E-state index contributed by atoms with van der Waals surface area (Å²) in [5.74, 6) is -0.400. The first-order valence-corrected chi connectivity index (χ1v) is 4.24. The van der Waals surface area contributed by atoms with Crippen LogP contribution < -0.4 is 0 Å². The summed E-state index contributed by atoms with van der Waals surface area (Å²) in [5.41, 5.74) is 0.333. The maximum atomic E-state index is 13.3. The lowest BCUT2D eigenvalue weighted by atomic mass is 10.1. The summed E-state index contributed by atoms with van der Waals surface area (Å²) >= 11 is 5.78. The first kappa shape index (κ1) is 8.92. The van der Waals surface area contributed by atoms with E-state index in [0.29, 0.717) is 16.3 Å². The molecule has 0 N–H and O–H groups in total. The van der Waals surface area contributed by atoms with E-state index in [2.05, 4.69) is 4.98 Å². The van der Waals surface area contributed by atoms with Gasteiger partial charge in [0.25, 0.3) is 0 Å². The summed E-state index contributed by atoms with van der Waals surface area (Å²) in [6, 6.07) is 6.09. The van der Waals surface area contributed by atoms with Gasteiger partial charge in [0.2, 0.25) is 0 Å². The molecule has 0 aliphatic carbocycles. The summed E-state index contributed by atoms with van der Waals surface area (Å²) in [6.07, 6.45) is 1.41. The fourth-order valence-electron chi connectivity index (χ4n) is 1.31. The van der Waals surface area contributed by atoms with Crippen molar-refractivity contribution in [3.8, 4) is 6.07 Å². The molecule has 2 aromatic rings. The van der Waals surface area contributed by atoms with Crippen molar-refractivity contribution < 1.29 is 4.39 Å². The van der Waals surface area contributed by atoms with Crippen molar-refractivity contribution in [3.05, 3.63) is 40.9 Å². The largest absolute Gasteiger partial charge is 0.244 e. The van der Waals surface area contributed by atoms with Gasteiger partial charge in [-0.2, -0.15) is 5.26 Å². The fraction of sp³-hybridized carbons (Fsp3) is 0. The minimum absolute atomic E-state index is 0.151. The Bertz CT molecular complexity index is 546. The van der Waals surface area contributed by atoms with E-state index in [1.54, 1.807) is 0 Å². The zero-order valence-corrected chi connectivity index (χ0v) is 7.72. The highest BCUT2D eigenvalue weighted by molar-refractivity contribution is 6.34. The van der Waals surface area contributed by atoms with Gasteiger partial charge in [0.1, 0.15) is 11.0 Å². The average molecular weight is 207 g/mol. The number of hydrogen-bond donors (Lipinski definition) is 0. The van der Waals surface area contributed by atoms with Crippen LogP contribution in [0.4, 0.5) is 4.39 Å². The van der Waals surface area contributed by atoms with Crippen molar-refractivity contribution in [2.75, 3.05) is 0 Å². The molecule has 0 aliphatic rings. The van der Waals surface area contributed by atoms with Crippen molar-refractivity contribution in [2.24, 2.45) is 0 Å². The topological polar surface area (TPSA) is 36.7 Å². The molecular formula is C10H4ClFN2. The van der Waals surface area contributed by atoms with Crippen LogP contribution in [0, 0.1) is 17.1 Å². The van der Waals surface area contributed by atoms with Gasteiger partial charge in [0, 0.05) is 17.0 Å². The van der Waals surface area contributed by atoms with Gasteiger partial charge in [-0.05, 0) is 18.2 Å². The fourth-order valence-corrected chi connectivity index (χ4v) is 1.57. The summed E-state index contributed by atoms with van der Waals surface area (Å²) in [4.78, 5) is 3.80. The quantitative estimate of drug-likeness (QED) is 0.622. The standard InChI is InChI=1S/C10H4ClFN2/c11-10-9-6(5-13)1-2-8(12)7(9)3-4-14-10/h1-4H. The molecule has 0 spiro atoms. The number of hydrogen-bond acceptors (Lipinski definition) is 2. The molecule has 1 heterocycles. The van der Waals surface area contributed by atoms with Crippen molar-refractivity contribution in [1.29, 1.82) is 5.26 Å². The smallest absolute Gasteiger partial charge is 0.138 e. The van der Waals surface area contributed by atoms with Gasteiger partial charge in [-0.3, -0.25) is 0 Å². The first-order chi connectivity index (χ1) is 6.74. The second-order valence-corrected chi connectivity index (χ2v) is 3.09. The lowest BCUT2D eigenvalue weighted by Gasteiger charge is -2.02. The van der Waals surface area contributed by atoms with E-state index in [1.807, 2.05) is 6.07 Å². The Kier molecular flexibility index (Phi) is 2.06. The van der Waals surface area contributed by atoms with Crippen LogP contribution in [0.25, 0.3) is 10.8 Å². The monoisotopic (exact) mass is 206 g/mol. The van der Waals surface area contributed by atoms with E-state index in [-0.39, 0.29) is 5.15 Å². The Morgan fingerprint density at radius 3 is 2.86 bits per heavy atom. The average Bonchev–Trinajstić information content (AvgIpc) is 2.20. The zero-order valence-electron chi connectivity index (χ0n) is 6.96. The highest BCUT2D eigenvalue weighted by Crippen LogP contribution is 2.26. The molecule has 0 amide bonds. The van der Waals surface area contributed by atoms with Crippen LogP contribution in [0.15, 0.2) is 24.4 Å². The van der Waals surface area contributed by atoms with Gasteiger partial charge in [0.15, 0.2) is 0 Å². The lowest BCUT2D eigenvalue weighted by Crippen LogP contribution is -1.87. The number of fused-ring (bicyclic) bond motifs is 1. The van der Waals surface area contributed by atoms with Crippen molar-refractivity contribution >= 4 is 22.4 Å². The van der Waals surface area contributed by atoms with Crippen LogP contribution in [-0.4, -0.2) is 4.98 Å². The zero-order chi connectivity index (χ0) is 10.1. The van der Waals surface area contributed by atoms with Crippen molar-refractivity contribution in [1.82, 2.24) is 4.98 Å². The molecule has 0 aliphatic heterocycles. The second kappa shape index (κ2) is 3.24. The predicted molar refractivity (Wildman–Crippen MR) is 51.4 cm³/mol. The van der Waals surface area contributed by atoms with Gasteiger partial charge in [0.05, 0.1) is 11.6 Å². The molecule has 0 unspecified atom stereocenters. The molecule has 1 aromatic heterocycles. The minimum atomic E-state index is -0.400. The molecule has 14 heavy (non-hydrogen) atoms. The van der Waals surface area contributed by atoms with Crippen LogP contribution in [0.1, 0.15) is 5.56 Å². The Hall–Kier alpha value is -1.66. The maximum absolute atomic E-state index is 13.3. The molecular weight excluding hydrogens is 203 g/mol. The third kappa shape index (κ3) is 1.21. The Balaban J connectivity index is 3.01. The first-order valence-electron chi connectivity index (χ1n) is 3.87. The number of benzene rings is 1. The molecule has 0 atom stereocenters. The number of rotatable bonds is 0. The van der Waals surface area contributed by atoms with E-state index < -0.39 is 5.82 Å². The molecule has 0 bridgehead atoms. The van der Waals surface area contributed by atoms with Gasteiger partial charge in [-0.15, -0.1) is 0 Å². The summed E-state index contributed by atoms with van der Waals surface area (Å²) < 4.78 is 13.3. The highest BCUT2D eigenvalue weighted by atomic mass is 35.5. The summed E-state index contributed by atoms with van der Waals surface area (Å²) in [5, 5.41) is 9.64. The van der Waals surface area contributed by atoms with Crippen LogP contribution in [0.2, 0.25) is 5.15 Å². The third-order valence-electron chi connectivity index (χ3n) is 1.95. The van der Waals surface area contributed by atoms with Crippen molar-refractivity contribution in [3.63, 3.8) is 0 Å². The van der Waals surface area contributed by atoms with Gasteiger partial charge in [-0.1, -0.05) is 11.6 Å². The summed E-state index contributed by atoms with van der Waals surface area (Å²) in [7, 11) is 0. The normalized spacial score (nSPS) is 10.1. The van der Waals surface area contributed by atoms with Gasteiger partial charge >= 0.3 is 0 Å². The van der Waals surface area contributed by atoms with E-state index in [9.17, 15) is 4.39 Å². The molecule has 0 radical (unpaired) electrons. The SMILES string of the molecule is N#Cc1ccc(F)c2ccnc(Cl)c12. The second-order valence-electron chi connectivity index (χ2n) is 2.73. The number of aromatic nitrogens is 1. The van der Waals surface area contributed by atoms with Crippen LogP contribution >= 0.6 is 11.6 Å². The Morgan fingerprint density at radius 1 is 1.36 bits per heavy atom. The molecule has 0 fully saturated rings. The number of halogens is 2. The van der Waals surface area contributed by atoms with Gasteiger partial charge in [-0.25, -0.2) is 9.37 Å². The molecule has 1 aromatic carbocycles. The lowest BCUT2D eigenvalue weighted by molar-refractivity contribution is 0.639. The molecule has 2 nitrogen and oxygen atoms in total. The van der Waals surface area contributed by atoms with E-state index >= 15 is 0 Å². The van der Waals surface area contributed by atoms with E-state index in [0.717, 1.165) is 0 Å². The molecule has 2 rings (SSSR count). The number of pyridine rings is 1.